The second-order valence-corrected chi connectivity index (χ2v) is 6.81. The Morgan fingerprint density at radius 2 is 1.90 bits per heavy atom. The van der Waals surface area contributed by atoms with Crippen LogP contribution < -0.4 is 10.6 Å². The van der Waals surface area contributed by atoms with E-state index in [0.29, 0.717) is 16.8 Å². The van der Waals surface area contributed by atoms with Gasteiger partial charge in [0.2, 0.25) is 11.8 Å². The molecule has 0 aromatic heterocycles. The van der Waals surface area contributed by atoms with E-state index < -0.39 is 29.5 Å². The van der Waals surface area contributed by atoms with Crippen molar-refractivity contribution in [3.63, 3.8) is 0 Å². The average Bonchev–Trinajstić information content (AvgIpc) is 3.02. The Balaban J connectivity index is 1.58. The molecule has 2 aromatic rings. The smallest absolute Gasteiger partial charge is 0.255 e. The minimum atomic E-state index is -1.14. The summed E-state index contributed by atoms with van der Waals surface area (Å²) in [6.07, 6.45) is 0.358. The van der Waals surface area contributed by atoms with Gasteiger partial charge < -0.3 is 10.2 Å². The standard InChI is InChI=1S/C20H15F2N3O4/c21-13-5-4-10(8-14(13)22)18(27)23-15-3-1-2-11-12(15)9-25(20(11)29)16-6-7-17(26)24-19(16)28/h1-5,8,16H,6-7,9H2,(H,23,27)(H,24,26,28). The fourth-order valence-electron chi connectivity index (χ4n) is 3.53. The Hall–Kier alpha value is -3.62. The predicted octanol–water partition coefficient (Wildman–Crippen LogP) is 1.98. The van der Waals surface area contributed by atoms with Crippen molar-refractivity contribution in [3.8, 4) is 0 Å². The van der Waals surface area contributed by atoms with Crippen molar-refractivity contribution in [3.05, 3.63) is 64.7 Å². The van der Waals surface area contributed by atoms with Crippen molar-refractivity contribution in [2.24, 2.45) is 0 Å². The minimum Gasteiger partial charge on any atom is -0.322 e. The number of nitrogens with one attached hydrogen (secondary N) is 2. The van der Waals surface area contributed by atoms with Crippen LogP contribution in [0.15, 0.2) is 36.4 Å². The Kier molecular flexibility index (Phi) is 4.57. The summed E-state index contributed by atoms with van der Waals surface area (Å²) in [6, 6.07) is 6.75. The number of carbonyl (C=O) groups is 4. The fraction of sp³-hybridized carbons (Fsp3) is 0.200. The summed E-state index contributed by atoms with van der Waals surface area (Å²) in [5.41, 5.74) is 1.10. The van der Waals surface area contributed by atoms with Crippen molar-refractivity contribution in [1.29, 1.82) is 0 Å². The van der Waals surface area contributed by atoms with Gasteiger partial charge in [-0.15, -0.1) is 0 Å². The summed E-state index contributed by atoms with van der Waals surface area (Å²) in [6.45, 7) is 0.0781. The van der Waals surface area contributed by atoms with Crippen molar-refractivity contribution >= 4 is 29.3 Å². The first kappa shape index (κ1) is 18.7. The molecule has 2 N–H and O–H groups in total. The average molecular weight is 399 g/mol. The third-order valence-corrected chi connectivity index (χ3v) is 5.01. The summed E-state index contributed by atoms with van der Waals surface area (Å²) < 4.78 is 26.5. The van der Waals surface area contributed by atoms with Crippen LogP contribution in [-0.4, -0.2) is 34.6 Å². The number of piperidine rings is 1. The minimum absolute atomic E-state index is 0.0761. The van der Waals surface area contributed by atoms with E-state index in [0.717, 1.165) is 18.2 Å². The summed E-state index contributed by atoms with van der Waals surface area (Å²) in [5, 5.41) is 4.83. The van der Waals surface area contributed by atoms with Gasteiger partial charge in [0.1, 0.15) is 6.04 Å². The van der Waals surface area contributed by atoms with Crippen molar-refractivity contribution in [2.45, 2.75) is 25.4 Å². The van der Waals surface area contributed by atoms with Crippen LogP contribution in [0, 0.1) is 11.6 Å². The molecule has 2 aliphatic heterocycles. The number of rotatable bonds is 3. The molecule has 148 valence electrons. The molecule has 1 atom stereocenters. The maximum Gasteiger partial charge on any atom is 0.255 e. The van der Waals surface area contributed by atoms with Gasteiger partial charge >= 0.3 is 0 Å². The molecule has 0 spiro atoms. The van der Waals surface area contributed by atoms with Gasteiger partial charge in [0.05, 0.1) is 0 Å². The van der Waals surface area contributed by atoms with E-state index in [2.05, 4.69) is 10.6 Å². The SMILES string of the molecule is O=C1CCC(N2Cc3c(NC(=O)c4ccc(F)c(F)c4)cccc3C2=O)C(=O)N1. The Morgan fingerprint density at radius 1 is 1.10 bits per heavy atom. The molecule has 0 radical (unpaired) electrons. The number of amides is 4. The number of imide groups is 1. The molecule has 2 aliphatic rings. The first-order valence-electron chi connectivity index (χ1n) is 8.88. The summed E-state index contributed by atoms with van der Waals surface area (Å²) >= 11 is 0. The van der Waals surface area contributed by atoms with Crippen LogP contribution in [0.2, 0.25) is 0 Å². The first-order chi connectivity index (χ1) is 13.8. The van der Waals surface area contributed by atoms with Gasteiger partial charge in [0.25, 0.3) is 11.8 Å². The highest BCUT2D eigenvalue weighted by Crippen LogP contribution is 2.32. The van der Waals surface area contributed by atoms with Gasteiger partial charge in [-0.3, -0.25) is 24.5 Å². The zero-order valence-corrected chi connectivity index (χ0v) is 15.0. The molecule has 1 fully saturated rings. The topological polar surface area (TPSA) is 95.6 Å². The van der Waals surface area contributed by atoms with Gasteiger partial charge in [-0.1, -0.05) is 6.07 Å². The highest BCUT2D eigenvalue weighted by molar-refractivity contribution is 6.08. The number of benzene rings is 2. The molecule has 1 unspecified atom stereocenters. The number of hydrogen-bond acceptors (Lipinski definition) is 4. The molecule has 4 amide bonds. The van der Waals surface area contributed by atoms with Gasteiger partial charge in [-0.05, 0) is 36.8 Å². The van der Waals surface area contributed by atoms with E-state index >= 15 is 0 Å². The van der Waals surface area contributed by atoms with Crippen LogP contribution in [0.1, 0.15) is 39.1 Å². The van der Waals surface area contributed by atoms with Crippen LogP contribution >= 0.6 is 0 Å². The highest BCUT2D eigenvalue weighted by atomic mass is 19.2. The van der Waals surface area contributed by atoms with Gasteiger partial charge in [0.15, 0.2) is 11.6 Å². The second-order valence-electron chi connectivity index (χ2n) is 6.81. The molecule has 0 saturated carbocycles. The quantitative estimate of drug-likeness (QED) is 0.772. The number of halogens is 2. The van der Waals surface area contributed by atoms with Crippen molar-refractivity contribution in [1.82, 2.24) is 10.2 Å². The van der Waals surface area contributed by atoms with E-state index in [1.165, 1.54) is 4.90 Å². The van der Waals surface area contributed by atoms with Crippen LogP contribution in [0.4, 0.5) is 14.5 Å². The first-order valence-corrected chi connectivity index (χ1v) is 8.88. The maximum atomic E-state index is 13.4. The third-order valence-electron chi connectivity index (χ3n) is 5.01. The van der Waals surface area contributed by atoms with Gasteiger partial charge in [-0.25, -0.2) is 8.78 Å². The molecule has 7 nitrogen and oxygen atoms in total. The predicted molar refractivity (Wildman–Crippen MR) is 96.8 cm³/mol. The molecule has 2 heterocycles. The number of hydrogen-bond donors (Lipinski definition) is 2. The molecule has 4 rings (SSSR count). The molecular formula is C20H15F2N3O4. The fourth-order valence-corrected chi connectivity index (χ4v) is 3.53. The van der Waals surface area contributed by atoms with Crippen molar-refractivity contribution in [2.75, 3.05) is 5.32 Å². The molecular weight excluding hydrogens is 384 g/mol. The monoisotopic (exact) mass is 399 g/mol. The number of nitrogens with zero attached hydrogens (tertiary/aromatic N) is 1. The zero-order valence-electron chi connectivity index (χ0n) is 15.0. The molecule has 1 saturated heterocycles. The largest absolute Gasteiger partial charge is 0.322 e. The van der Waals surface area contributed by atoms with Crippen LogP contribution in [0.5, 0.6) is 0 Å². The van der Waals surface area contributed by atoms with Crippen molar-refractivity contribution < 1.29 is 28.0 Å². The lowest BCUT2D eigenvalue weighted by Gasteiger charge is -2.29. The zero-order chi connectivity index (χ0) is 20.7. The number of anilines is 1. The van der Waals surface area contributed by atoms with E-state index in [-0.39, 0.29) is 36.8 Å². The van der Waals surface area contributed by atoms with E-state index in [9.17, 15) is 28.0 Å². The molecule has 9 heteroatoms. The normalized spacial score (nSPS) is 18.5. The highest BCUT2D eigenvalue weighted by Gasteiger charge is 2.39. The molecule has 0 bridgehead atoms. The molecule has 0 aliphatic carbocycles. The van der Waals surface area contributed by atoms with E-state index in [1.54, 1.807) is 18.2 Å². The van der Waals surface area contributed by atoms with Crippen LogP contribution in [0.25, 0.3) is 0 Å². The summed E-state index contributed by atoms with van der Waals surface area (Å²) in [4.78, 5) is 50.1. The second kappa shape index (κ2) is 7.08. The van der Waals surface area contributed by atoms with Gasteiger partial charge in [0, 0.05) is 35.3 Å². The lowest BCUT2D eigenvalue weighted by Crippen LogP contribution is -2.52. The molecule has 29 heavy (non-hydrogen) atoms. The summed E-state index contributed by atoms with van der Waals surface area (Å²) in [5.74, 6) is -4.16. The maximum absolute atomic E-state index is 13.4. The van der Waals surface area contributed by atoms with Crippen LogP contribution in [-0.2, 0) is 16.1 Å². The van der Waals surface area contributed by atoms with Crippen LogP contribution in [0.3, 0.4) is 0 Å². The number of fused-ring (bicyclic) bond motifs is 1. The third kappa shape index (κ3) is 3.35. The lowest BCUT2D eigenvalue weighted by atomic mass is 10.0. The lowest BCUT2D eigenvalue weighted by molar-refractivity contribution is -0.136. The Bertz CT molecular complexity index is 1070. The molecule has 2 aromatic carbocycles. The Labute approximate surface area is 163 Å². The Morgan fingerprint density at radius 3 is 2.62 bits per heavy atom. The summed E-state index contributed by atoms with van der Waals surface area (Å²) in [7, 11) is 0. The van der Waals surface area contributed by atoms with E-state index in [4.69, 9.17) is 0 Å². The van der Waals surface area contributed by atoms with Gasteiger partial charge in [-0.2, -0.15) is 0 Å². The number of carbonyl (C=O) groups excluding carboxylic acids is 4. The van der Waals surface area contributed by atoms with E-state index in [1.807, 2.05) is 0 Å².